The van der Waals surface area contributed by atoms with Gasteiger partial charge in [0.1, 0.15) is 17.3 Å². The Bertz CT molecular complexity index is 914. The number of ketones is 3. The number of likely N-dealkylation sites (N-methyl/N-ethyl adjacent to an activating group) is 4. The van der Waals surface area contributed by atoms with Crippen LogP contribution in [0.2, 0.25) is 0 Å². The van der Waals surface area contributed by atoms with E-state index < -0.39 is 0 Å². The minimum absolute atomic E-state index is 0.00460. The quantitative estimate of drug-likeness (QED) is 0.140. The average Bonchev–Trinajstić information content (AvgIpc) is 3.08. The molecule has 1 aliphatic carbocycles. The Balaban J connectivity index is 2.84. The van der Waals surface area contributed by atoms with Gasteiger partial charge < -0.3 is 11.1 Å². The van der Waals surface area contributed by atoms with Crippen LogP contribution in [0, 0.1) is 17.8 Å². The number of carbonyl (C=O) groups is 4. The molecule has 0 spiro atoms. The minimum Gasteiger partial charge on any atom is -0.355 e. The zero-order valence-electron chi connectivity index (χ0n) is 32.6. The van der Waals surface area contributed by atoms with Crippen molar-refractivity contribution in [3.8, 4) is 0 Å². The van der Waals surface area contributed by atoms with Crippen LogP contribution in [-0.4, -0.2) is 135 Å². The van der Waals surface area contributed by atoms with Gasteiger partial charge in [-0.1, -0.05) is 66.2 Å². The molecule has 10 nitrogen and oxygen atoms in total. The SMILES string of the molecule is CCN(C)CC(=O)C[C@H]1CC[C@@H](CC(=O)CN(CC)CC)CCCCCC[C@@H](CC(=O)CN(CC)CCN(C)CC(=O)NCCCN)CC1. The van der Waals surface area contributed by atoms with E-state index in [-0.39, 0.29) is 5.91 Å². The highest BCUT2D eigenvalue weighted by atomic mass is 16.2. The van der Waals surface area contributed by atoms with Crippen LogP contribution in [0.5, 0.6) is 0 Å². The van der Waals surface area contributed by atoms with Gasteiger partial charge in [0.15, 0.2) is 0 Å². The number of rotatable bonds is 24. The van der Waals surface area contributed by atoms with E-state index >= 15 is 0 Å². The normalized spacial score (nSPS) is 19.9. The monoisotopic (exact) mass is 693 g/mol. The lowest BCUT2D eigenvalue weighted by Gasteiger charge is -2.26. The van der Waals surface area contributed by atoms with Gasteiger partial charge in [-0.25, -0.2) is 0 Å². The standard InChI is InChI=1S/C39H76N6O4/c1-7-42(5)29-36(46)28-35-20-18-33(26-37(47)30-44(8-2)9-3)16-13-11-12-14-17-34(19-21-35)27-38(48)31-45(10-4)25-24-43(6)32-39(49)41-23-15-22-40/h33-35H,7-32,40H2,1-6H3,(H,41,49)/t33-,34+,35-/m0/s1. The van der Waals surface area contributed by atoms with Crippen molar-refractivity contribution in [1.29, 1.82) is 0 Å². The van der Waals surface area contributed by atoms with E-state index in [9.17, 15) is 19.2 Å². The third-order valence-electron chi connectivity index (χ3n) is 10.5. The Labute approximate surface area is 300 Å². The van der Waals surface area contributed by atoms with Gasteiger partial charge in [-0.15, -0.1) is 0 Å². The second kappa shape index (κ2) is 27.9. The number of nitrogens with zero attached hydrogens (tertiary/aromatic N) is 4. The summed E-state index contributed by atoms with van der Waals surface area (Å²) in [5.41, 5.74) is 5.52. The molecule has 3 N–H and O–H groups in total. The fourth-order valence-electron chi connectivity index (χ4n) is 7.10. The number of carbonyl (C=O) groups excluding carboxylic acids is 4. The first-order valence-corrected chi connectivity index (χ1v) is 19.9. The zero-order valence-corrected chi connectivity index (χ0v) is 32.6. The van der Waals surface area contributed by atoms with Crippen LogP contribution in [-0.2, 0) is 19.2 Å². The molecule has 49 heavy (non-hydrogen) atoms. The number of nitrogens with one attached hydrogen (secondary N) is 1. The lowest BCUT2D eigenvalue weighted by molar-refractivity contribution is -0.123. The number of amides is 1. The lowest BCUT2D eigenvalue weighted by Crippen LogP contribution is -2.41. The Hall–Kier alpha value is -1.72. The summed E-state index contributed by atoms with van der Waals surface area (Å²) >= 11 is 0. The van der Waals surface area contributed by atoms with Gasteiger partial charge in [0.25, 0.3) is 0 Å². The molecule has 286 valence electrons. The van der Waals surface area contributed by atoms with Gasteiger partial charge >= 0.3 is 0 Å². The van der Waals surface area contributed by atoms with E-state index in [2.05, 4.69) is 47.7 Å². The summed E-state index contributed by atoms with van der Waals surface area (Å²) < 4.78 is 0. The second-order valence-corrected chi connectivity index (χ2v) is 14.9. The largest absolute Gasteiger partial charge is 0.355 e. The van der Waals surface area contributed by atoms with Crippen LogP contribution >= 0.6 is 0 Å². The fourth-order valence-corrected chi connectivity index (χ4v) is 7.10. The molecule has 0 aromatic carbocycles. The van der Waals surface area contributed by atoms with Gasteiger partial charge in [-0.05, 0) is 96.7 Å². The highest BCUT2D eigenvalue weighted by Crippen LogP contribution is 2.31. The molecule has 0 bridgehead atoms. The first kappa shape index (κ1) is 45.3. The van der Waals surface area contributed by atoms with Gasteiger partial charge in [0, 0.05) is 38.9 Å². The van der Waals surface area contributed by atoms with E-state index in [1.165, 1.54) is 12.8 Å². The molecular formula is C39H76N6O4. The fraction of sp³-hybridized carbons (Fsp3) is 0.897. The minimum atomic E-state index is 0.00460. The molecule has 0 saturated heterocycles. The Morgan fingerprint density at radius 2 is 1.04 bits per heavy atom. The van der Waals surface area contributed by atoms with Crippen molar-refractivity contribution in [2.75, 3.05) is 92.6 Å². The van der Waals surface area contributed by atoms with Crippen molar-refractivity contribution in [3.63, 3.8) is 0 Å². The Kier molecular flexibility index (Phi) is 25.8. The second-order valence-electron chi connectivity index (χ2n) is 14.9. The van der Waals surface area contributed by atoms with Crippen LogP contribution < -0.4 is 11.1 Å². The molecule has 3 atom stereocenters. The summed E-state index contributed by atoms with van der Waals surface area (Å²) in [6.07, 6.45) is 13.3. The molecule has 0 radical (unpaired) electrons. The molecular weight excluding hydrogens is 616 g/mol. The molecule has 1 fully saturated rings. The van der Waals surface area contributed by atoms with E-state index in [4.69, 9.17) is 5.73 Å². The van der Waals surface area contributed by atoms with Crippen molar-refractivity contribution >= 4 is 23.3 Å². The van der Waals surface area contributed by atoms with Crippen molar-refractivity contribution in [1.82, 2.24) is 24.9 Å². The number of hydrogen-bond donors (Lipinski definition) is 2. The lowest BCUT2D eigenvalue weighted by atomic mass is 9.82. The molecule has 0 aromatic rings. The van der Waals surface area contributed by atoms with Crippen molar-refractivity contribution in [2.24, 2.45) is 23.5 Å². The smallest absolute Gasteiger partial charge is 0.234 e. The number of nitrogens with two attached hydrogens (primary N) is 1. The number of Topliss-reactive ketones (excluding diaryl/α,β-unsaturated/α-hetero) is 3. The van der Waals surface area contributed by atoms with Gasteiger partial charge in [0.05, 0.1) is 26.2 Å². The molecule has 0 aromatic heterocycles. The molecule has 1 amide bonds. The zero-order chi connectivity index (χ0) is 36.4. The van der Waals surface area contributed by atoms with Crippen LogP contribution in [0.25, 0.3) is 0 Å². The average molecular weight is 693 g/mol. The van der Waals surface area contributed by atoms with Gasteiger partial charge in [-0.2, -0.15) is 0 Å². The predicted octanol–water partition coefficient (Wildman–Crippen LogP) is 4.64. The van der Waals surface area contributed by atoms with Crippen molar-refractivity contribution in [3.05, 3.63) is 0 Å². The summed E-state index contributed by atoms with van der Waals surface area (Å²) in [6, 6.07) is 0. The molecule has 0 aliphatic heterocycles. The van der Waals surface area contributed by atoms with Crippen LogP contribution in [0.3, 0.4) is 0 Å². The summed E-state index contributed by atoms with van der Waals surface area (Å²) in [5, 5.41) is 2.90. The van der Waals surface area contributed by atoms with E-state index in [1.54, 1.807) is 0 Å². The van der Waals surface area contributed by atoms with E-state index in [0.717, 1.165) is 97.1 Å². The summed E-state index contributed by atoms with van der Waals surface area (Å²) in [5.74, 6) is 1.98. The van der Waals surface area contributed by atoms with Gasteiger partial charge in [-0.3, -0.25) is 38.8 Å². The molecule has 10 heteroatoms. The maximum atomic E-state index is 13.4. The van der Waals surface area contributed by atoms with Crippen LogP contribution in [0.15, 0.2) is 0 Å². The summed E-state index contributed by atoms with van der Waals surface area (Å²) in [6.45, 7) is 16.3. The maximum absolute atomic E-state index is 13.4. The summed E-state index contributed by atoms with van der Waals surface area (Å²) in [7, 11) is 3.94. The number of hydrogen-bond acceptors (Lipinski definition) is 9. The Morgan fingerprint density at radius 1 is 0.571 bits per heavy atom. The third-order valence-corrected chi connectivity index (χ3v) is 10.5. The first-order valence-electron chi connectivity index (χ1n) is 19.9. The van der Waals surface area contributed by atoms with Gasteiger partial charge in [0.2, 0.25) is 5.91 Å². The maximum Gasteiger partial charge on any atom is 0.234 e. The van der Waals surface area contributed by atoms with Crippen LogP contribution in [0.4, 0.5) is 0 Å². The van der Waals surface area contributed by atoms with E-state index in [0.29, 0.717) is 93.6 Å². The first-order chi connectivity index (χ1) is 23.5. The topological polar surface area (TPSA) is 119 Å². The summed E-state index contributed by atoms with van der Waals surface area (Å²) in [4.78, 5) is 60.2. The van der Waals surface area contributed by atoms with Crippen molar-refractivity contribution in [2.45, 2.75) is 118 Å². The molecule has 1 aliphatic rings. The molecule has 0 heterocycles. The highest BCUT2D eigenvalue weighted by Gasteiger charge is 2.23. The van der Waals surface area contributed by atoms with Crippen molar-refractivity contribution < 1.29 is 19.2 Å². The molecule has 1 rings (SSSR count). The Morgan fingerprint density at radius 3 is 1.51 bits per heavy atom. The van der Waals surface area contributed by atoms with E-state index in [1.807, 2.05) is 19.0 Å². The molecule has 0 unspecified atom stereocenters. The molecule has 1 saturated carbocycles. The predicted molar refractivity (Wildman–Crippen MR) is 203 cm³/mol. The van der Waals surface area contributed by atoms with Crippen LogP contribution in [0.1, 0.15) is 118 Å². The highest BCUT2D eigenvalue weighted by molar-refractivity contribution is 5.81. The third kappa shape index (κ3) is 22.7.